The van der Waals surface area contributed by atoms with Gasteiger partial charge in [0.25, 0.3) is 0 Å². The van der Waals surface area contributed by atoms with Crippen LogP contribution in [0.5, 0.6) is 0 Å². The largest absolute Gasteiger partial charge is 0.453 e. The first-order chi connectivity index (χ1) is 7.61. The summed E-state index contributed by atoms with van der Waals surface area (Å²) >= 11 is 0. The van der Waals surface area contributed by atoms with Crippen LogP contribution in [-0.4, -0.2) is 48.6 Å². The molecule has 0 aliphatic rings. The van der Waals surface area contributed by atoms with E-state index in [-0.39, 0.29) is 12.3 Å². The number of nitrogens with zero attached hydrogens (tertiary/aromatic N) is 1. The number of carbonyl (C=O) groups excluding carboxylic acids is 1. The van der Waals surface area contributed by atoms with Crippen molar-refractivity contribution in [2.24, 2.45) is 5.92 Å². The van der Waals surface area contributed by atoms with Crippen LogP contribution < -0.4 is 0 Å². The van der Waals surface area contributed by atoms with Gasteiger partial charge in [0.2, 0.25) is 0 Å². The predicted molar refractivity (Wildman–Crippen MR) is 55.5 cm³/mol. The zero-order valence-electron chi connectivity index (χ0n) is 10.3. The van der Waals surface area contributed by atoms with Crippen molar-refractivity contribution in [1.82, 2.24) is 4.90 Å². The molecule has 0 fully saturated rings. The SMILES string of the molecule is COC(=O)N(C)C(CC(C)C)C(O)C(F)(F)F. The fourth-order valence-electron chi connectivity index (χ4n) is 1.48. The number of amides is 1. The molecule has 0 bridgehead atoms. The normalized spacial score (nSPS) is 15.6. The van der Waals surface area contributed by atoms with Gasteiger partial charge in [-0.15, -0.1) is 0 Å². The maximum atomic E-state index is 12.4. The van der Waals surface area contributed by atoms with Gasteiger partial charge in [0.05, 0.1) is 13.2 Å². The first-order valence-corrected chi connectivity index (χ1v) is 5.16. The van der Waals surface area contributed by atoms with Crippen LogP contribution >= 0.6 is 0 Å². The minimum atomic E-state index is -4.76. The summed E-state index contributed by atoms with van der Waals surface area (Å²) in [4.78, 5) is 12.0. The van der Waals surface area contributed by atoms with Crippen LogP contribution in [0.25, 0.3) is 0 Å². The van der Waals surface area contributed by atoms with Crippen molar-refractivity contribution in [1.29, 1.82) is 0 Å². The number of hydrogen-bond acceptors (Lipinski definition) is 3. The molecule has 2 atom stereocenters. The number of rotatable bonds is 4. The Labute approximate surface area is 98.3 Å². The van der Waals surface area contributed by atoms with Crippen molar-refractivity contribution in [3.05, 3.63) is 0 Å². The average Bonchev–Trinajstić information content (AvgIpc) is 2.21. The zero-order valence-corrected chi connectivity index (χ0v) is 10.3. The summed E-state index contributed by atoms with van der Waals surface area (Å²) < 4.78 is 41.7. The van der Waals surface area contributed by atoms with Gasteiger partial charge in [0, 0.05) is 7.05 Å². The second-order valence-electron chi connectivity index (χ2n) is 4.26. The Morgan fingerprint density at radius 1 is 1.41 bits per heavy atom. The van der Waals surface area contributed by atoms with E-state index in [1.807, 2.05) is 0 Å². The van der Waals surface area contributed by atoms with Crippen molar-refractivity contribution >= 4 is 6.09 Å². The number of aliphatic hydroxyl groups is 1. The molecule has 0 spiro atoms. The monoisotopic (exact) mass is 257 g/mol. The minimum absolute atomic E-state index is 0.0340. The first-order valence-electron chi connectivity index (χ1n) is 5.16. The Bertz CT molecular complexity index is 256. The summed E-state index contributed by atoms with van der Waals surface area (Å²) in [5.41, 5.74) is 0. The summed E-state index contributed by atoms with van der Waals surface area (Å²) in [5, 5.41) is 9.23. The molecule has 0 aliphatic carbocycles. The molecule has 2 unspecified atom stereocenters. The van der Waals surface area contributed by atoms with Gasteiger partial charge in [-0.25, -0.2) is 4.79 Å². The van der Waals surface area contributed by atoms with Crippen LogP contribution in [0, 0.1) is 5.92 Å². The standard InChI is InChI=1S/C10H18F3NO3/c1-6(2)5-7(8(15)10(11,12)13)14(3)9(16)17-4/h6-8,15H,5H2,1-4H3. The molecule has 102 valence electrons. The fraction of sp³-hybridized carbons (Fsp3) is 0.900. The quantitative estimate of drug-likeness (QED) is 0.838. The topological polar surface area (TPSA) is 49.8 Å². The lowest BCUT2D eigenvalue weighted by Gasteiger charge is -2.32. The number of hydrogen-bond donors (Lipinski definition) is 1. The number of methoxy groups -OCH3 is 1. The molecular weight excluding hydrogens is 239 g/mol. The Morgan fingerprint density at radius 2 is 1.88 bits per heavy atom. The molecule has 0 aromatic heterocycles. The highest BCUT2D eigenvalue weighted by Gasteiger charge is 2.46. The molecule has 0 radical (unpaired) electrons. The van der Waals surface area contributed by atoms with Crippen molar-refractivity contribution in [2.75, 3.05) is 14.2 Å². The molecule has 0 saturated heterocycles. The van der Waals surface area contributed by atoms with Gasteiger partial charge in [-0.3, -0.25) is 0 Å². The third-order valence-corrected chi connectivity index (χ3v) is 2.37. The predicted octanol–water partition coefficient (Wildman–Crippen LogP) is 2.02. The van der Waals surface area contributed by atoms with E-state index >= 15 is 0 Å². The van der Waals surface area contributed by atoms with Crippen LogP contribution in [0.2, 0.25) is 0 Å². The third kappa shape index (κ3) is 4.80. The smallest absolute Gasteiger partial charge is 0.416 e. The first kappa shape index (κ1) is 16.0. The van der Waals surface area contributed by atoms with Crippen molar-refractivity contribution in [2.45, 2.75) is 38.6 Å². The average molecular weight is 257 g/mol. The summed E-state index contributed by atoms with van der Waals surface area (Å²) in [6.45, 7) is 3.42. The van der Waals surface area contributed by atoms with Crippen LogP contribution in [0.3, 0.4) is 0 Å². The van der Waals surface area contributed by atoms with E-state index in [4.69, 9.17) is 0 Å². The van der Waals surface area contributed by atoms with Gasteiger partial charge in [-0.05, 0) is 12.3 Å². The molecule has 7 heteroatoms. The Kier molecular flexibility index (Phi) is 5.74. The molecule has 0 aliphatic heterocycles. The van der Waals surface area contributed by atoms with E-state index in [9.17, 15) is 23.1 Å². The maximum Gasteiger partial charge on any atom is 0.416 e. The van der Waals surface area contributed by atoms with Gasteiger partial charge in [-0.1, -0.05) is 13.8 Å². The molecule has 4 nitrogen and oxygen atoms in total. The molecule has 0 rings (SSSR count). The highest BCUT2D eigenvalue weighted by Crippen LogP contribution is 2.27. The number of carbonyl (C=O) groups is 1. The summed E-state index contributed by atoms with van der Waals surface area (Å²) in [7, 11) is 2.25. The Balaban J connectivity index is 4.93. The highest BCUT2D eigenvalue weighted by molar-refractivity contribution is 5.67. The van der Waals surface area contributed by atoms with E-state index in [1.54, 1.807) is 13.8 Å². The van der Waals surface area contributed by atoms with Gasteiger partial charge >= 0.3 is 12.3 Å². The van der Waals surface area contributed by atoms with Crippen LogP contribution in [0.4, 0.5) is 18.0 Å². The maximum absolute atomic E-state index is 12.4. The lowest BCUT2D eigenvalue weighted by Crippen LogP contribution is -2.51. The van der Waals surface area contributed by atoms with Crippen molar-refractivity contribution < 1.29 is 27.8 Å². The second-order valence-corrected chi connectivity index (χ2v) is 4.26. The zero-order chi connectivity index (χ0) is 13.8. The third-order valence-electron chi connectivity index (χ3n) is 2.37. The van der Waals surface area contributed by atoms with Crippen LogP contribution in [0.15, 0.2) is 0 Å². The lowest BCUT2D eigenvalue weighted by molar-refractivity contribution is -0.220. The van der Waals surface area contributed by atoms with E-state index < -0.39 is 24.4 Å². The molecule has 1 amide bonds. The summed E-state index contributed by atoms with van der Waals surface area (Å²) in [5.74, 6) is -0.0934. The molecule has 1 N–H and O–H groups in total. The van der Waals surface area contributed by atoms with E-state index in [2.05, 4.69) is 4.74 Å². The second kappa shape index (κ2) is 6.09. The van der Waals surface area contributed by atoms with Crippen molar-refractivity contribution in [3.63, 3.8) is 0 Å². The Hall–Kier alpha value is -0.980. The van der Waals surface area contributed by atoms with Gasteiger partial charge in [0.15, 0.2) is 6.10 Å². The number of likely N-dealkylation sites (N-methyl/N-ethyl adjacent to an activating group) is 1. The number of alkyl halides is 3. The number of ether oxygens (including phenoxy) is 1. The van der Waals surface area contributed by atoms with E-state index in [0.29, 0.717) is 0 Å². The van der Waals surface area contributed by atoms with Gasteiger partial charge in [0.1, 0.15) is 0 Å². The molecule has 0 aromatic carbocycles. The summed E-state index contributed by atoms with van der Waals surface area (Å²) in [6, 6.07) is -1.34. The number of aliphatic hydroxyl groups excluding tert-OH is 1. The van der Waals surface area contributed by atoms with Crippen LogP contribution in [0.1, 0.15) is 20.3 Å². The fourth-order valence-corrected chi connectivity index (χ4v) is 1.48. The minimum Gasteiger partial charge on any atom is -0.453 e. The molecule has 0 heterocycles. The Morgan fingerprint density at radius 3 is 2.18 bits per heavy atom. The molecule has 0 saturated carbocycles. The molecular formula is C10H18F3NO3. The van der Waals surface area contributed by atoms with E-state index in [1.165, 1.54) is 7.05 Å². The van der Waals surface area contributed by atoms with Gasteiger partial charge < -0.3 is 14.7 Å². The van der Waals surface area contributed by atoms with E-state index in [0.717, 1.165) is 12.0 Å². The van der Waals surface area contributed by atoms with Gasteiger partial charge in [-0.2, -0.15) is 13.2 Å². The molecule has 17 heavy (non-hydrogen) atoms. The summed E-state index contributed by atoms with van der Waals surface area (Å²) in [6.07, 6.45) is -8.21. The van der Waals surface area contributed by atoms with Crippen LogP contribution in [-0.2, 0) is 4.74 Å². The number of halogens is 3. The van der Waals surface area contributed by atoms with Crippen molar-refractivity contribution in [3.8, 4) is 0 Å². The highest BCUT2D eigenvalue weighted by atomic mass is 19.4. The molecule has 0 aromatic rings. The lowest BCUT2D eigenvalue weighted by atomic mass is 9.98.